The van der Waals surface area contributed by atoms with E-state index < -0.39 is 12.6 Å². The monoisotopic (exact) mass is 253 g/mol. The molecule has 0 fully saturated rings. The standard InChI is InChI=1S/C8H7BrF3N/c9-6-2-1-5(3-7(6)13)4-8(10,11)12/h1-3H,4,13H2. The molecule has 0 saturated carbocycles. The number of rotatable bonds is 1. The summed E-state index contributed by atoms with van der Waals surface area (Å²) < 4.78 is 36.4. The summed E-state index contributed by atoms with van der Waals surface area (Å²) in [4.78, 5) is 0. The van der Waals surface area contributed by atoms with Gasteiger partial charge in [0.05, 0.1) is 6.42 Å². The summed E-state index contributed by atoms with van der Waals surface area (Å²) in [6.07, 6.45) is -5.12. The Bertz CT molecular complexity index is 309. The average Bonchev–Trinajstić information content (AvgIpc) is 1.94. The predicted molar refractivity (Wildman–Crippen MR) is 48.3 cm³/mol. The van der Waals surface area contributed by atoms with Crippen LogP contribution in [0.15, 0.2) is 22.7 Å². The van der Waals surface area contributed by atoms with E-state index in [2.05, 4.69) is 15.9 Å². The SMILES string of the molecule is Nc1cc(CC(F)(F)F)ccc1Br. The lowest BCUT2D eigenvalue weighted by Gasteiger charge is -2.07. The van der Waals surface area contributed by atoms with Crippen LogP contribution >= 0.6 is 15.9 Å². The Kier molecular flexibility index (Phi) is 2.85. The molecular weight excluding hydrogens is 247 g/mol. The molecule has 0 aromatic heterocycles. The van der Waals surface area contributed by atoms with E-state index in [-0.39, 0.29) is 5.56 Å². The number of hydrogen-bond acceptors (Lipinski definition) is 1. The largest absolute Gasteiger partial charge is 0.398 e. The minimum atomic E-state index is -4.18. The van der Waals surface area contributed by atoms with Crippen LogP contribution in [0.2, 0.25) is 0 Å². The third-order valence-electron chi connectivity index (χ3n) is 1.46. The van der Waals surface area contributed by atoms with Crippen molar-refractivity contribution in [3.63, 3.8) is 0 Å². The molecule has 1 aromatic carbocycles. The maximum Gasteiger partial charge on any atom is 0.393 e. The maximum atomic E-state index is 11.9. The second-order valence-corrected chi connectivity index (χ2v) is 3.50. The highest BCUT2D eigenvalue weighted by atomic mass is 79.9. The highest BCUT2D eigenvalue weighted by Gasteiger charge is 2.27. The Balaban J connectivity index is 2.86. The van der Waals surface area contributed by atoms with Crippen LogP contribution in [0.4, 0.5) is 18.9 Å². The van der Waals surface area contributed by atoms with Gasteiger partial charge >= 0.3 is 6.18 Å². The predicted octanol–water partition coefficient (Wildman–Crippen LogP) is 3.14. The lowest BCUT2D eigenvalue weighted by Crippen LogP contribution is -2.11. The van der Waals surface area contributed by atoms with E-state index in [0.717, 1.165) is 0 Å². The third kappa shape index (κ3) is 3.26. The molecule has 1 nitrogen and oxygen atoms in total. The van der Waals surface area contributed by atoms with E-state index >= 15 is 0 Å². The molecule has 0 atom stereocenters. The Morgan fingerprint density at radius 1 is 1.31 bits per heavy atom. The van der Waals surface area contributed by atoms with Gasteiger partial charge in [-0.05, 0) is 33.6 Å². The van der Waals surface area contributed by atoms with Gasteiger partial charge in [0.1, 0.15) is 0 Å². The molecule has 0 heterocycles. The first-order valence-corrected chi connectivity index (χ1v) is 4.28. The number of benzene rings is 1. The summed E-state index contributed by atoms with van der Waals surface area (Å²) in [6.45, 7) is 0. The van der Waals surface area contributed by atoms with E-state index in [1.54, 1.807) is 0 Å². The van der Waals surface area contributed by atoms with Gasteiger partial charge in [-0.15, -0.1) is 0 Å². The topological polar surface area (TPSA) is 26.0 Å². The van der Waals surface area contributed by atoms with Crippen LogP contribution in [-0.4, -0.2) is 6.18 Å². The van der Waals surface area contributed by atoms with Gasteiger partial charge in [0.15, 0.2) is 0 Å². The van der Waals surface area contributed by atoms with Gasteiger partial charge in [0, 0.05) is 10.2 Å². The molecule has 72 valence electrons. The first kappa shape index (κ1) is 10.4. The van der Waals surface area contributed by atoms with Crippen molar-refractivity contribution in [3.8, 4) is 0 Å². The van der Waals surface area contributed by atoms with Gasteiger partial charge in [-0.1, -0.05) is 6.07 Å². The molecule has 0 radical (unpaired) electrons. The van der Waals surface area contributed by atoms with E-state index in [4.69, 9.17) is 5.73 Å². The highest BCUT2D eigenvalue weighted by Crippen LogP contribution is 2.25. The molecular formula is C8H7BrF3N. The first-order chi connectivity index (χ1) is 5.88. The van der Waals surface area contributed by atoms with Gasteiger partial charge in [0.2, 0.25) is 0 Å². The number of nitrogens with two attached hydrogens (primary N) is 1. The molecule has 2 N–H and O–H groups in total. The van der Waals surface area contributed by atoms with Crippen molar-refractivity contribution in [2.24, 2.45) is 0 Å². The minimum Gasteiger partial charge on any atom is -0.398 e. The van der Waals surface area contributed by atoms with Crippen molar-refractivity contribution >= 4 is 21.6 Å². The van der Waals surface area contributed by atoms with Crippen LogP contribution in [0.25, 0.3) is 0 Å². The summed E-state index contributed by atoms with van der Waals surface area (Å²) >= 11 is 3.10. The molecule has 0 amide bonds. The van der Waals surface area contributed by atoms with E-state index in [1.165, 1.54) is 18.2 Å². The number of hydrogen-bond donors (Lipinski definition) is 1. The van der Waals surface area contributed by atoms with Crippen molar-refractivity contribution < 1.29 is 13.2 Å². The molecule has 13 heavy (non-hydrogen) atoms. The van der Waals surface area contributed by atoms with E-state index in [0.29, 0.717) is 10.2 Å². The summed E-state index contributed by atoms with van der Waals surface area (Å²) in [5.74, 6) is 0. The highest BCUT2D eigenvalue weighted by molar-refractivity contribution is 9.10. The quantitative estimate of drug-likeness (QED) is 0.765. The molecule has 0 bridgehead atoms. The third-order valence-corrected chi connectivity index (χ3v) is 2.19. The van der Waals surface area contributed by atoms with Crippen LogP contribution in [0.1, 0.15) is 5.56 Å². The van der Waals surface area contributed by atoms with Crippen LogP contribution in [0, 0.1) is 0 Å². The Morgan fingerprint density at radius 3 is 2.38 bits per heavy atom. The number of nitrogen functional groups attached to an aromatic ring is 1. The van der Waals surface area contributed by atoms with Gasteiger partial charge < -0.3 is 5.73 Å². The summed E-state index contributed by atoms with van der Waals surface area (Å²) in [7, 11) is 0. The fourth-order valence-corrected chi connectivity index (χ4v) is 1.18. The van der Waals surface area contributed by atoms with E-state index in [9.17, 15) is 13.2 Å². The fraction of sp³-hybridized carbons (Fsp3) is 0.250. The minimum absolute atomic E-state index is 0.174. The van der Waals surface area contributed by atoms with Gasteiger partial charge in [0.25, 0.3) is 0 Å². The molecule has 1 aromatic rings. The molecule has 5 heteroatoms. The van der Waals surface area contributed by atoms with Crippen molar-refractivity contribution in [3.05, 3.63) is 28.2 Å². The Morgan fingerprint density at radius 2 is 1.92 bits per heavy atom. The van der Waals surface area contributed by atoms with E-state index in [1.807, 2.05) is 0 Å². The Labute approximate surface area is 81.9 Å². The molecule has 1 rings (SSSR count). The fourth-order valence-electron chi connectivity index (χ4n) is 0.935. The lowest BCUT2D eigenvalue weighted by molar-refractivity contribution is -0.127. The zero-order valence-corrected chi connectivity index (χ0v) is 8.11. The van der Waals surface area contributed by atoms with Crippen molar-refractivity contribution in [1.82, 2.24) is 0 Å². The second kappa shape index (κ2) is 3.57. The lowest BCUT2D eigenvalue weighted by atomic mass is 10.1. The summed E-state index contributed by atoms with van der Waals surface area (Å²) in [5.41, 5.74) is 5.92. The van der Waals surface area contributed by atoms with Crippen molar-refractivity contribution in [1.29, 1.82) is 0 Å². The summed E-state index contributed by atoms with van der Waals surface area (Å²) in [5, 5.41) is 0. The number of halogens is 4. The van der Waals surface area contributed by atoms with Crippen LogP contribution < -0.4 is 5.73 Å². The van der Waals surface area contributed by atoms with Crippen molar-refractivity contribution in [2.75, 3.05) is 5.73 Å². The number of alkyl halides is 3. The summed E-state index contributed by atoms with van der Waals surface area (Å²) in [6, 6.07) is 4.22. The molecule has 0 spiro atoms. The number of anilines is 1. The molecule has 0 aliphatic carbocycles. The normalized spacial score (nSPS) is 11.7. The molecule has 0 unspecified atom stereocenters. The molecule has 0 aliphatic heterocycles. The zero-order valence-electron chi connectivity index (χ0n) is 6.53. The molecule has 0 saturated heterocycles. The zero-order chi connectivity index (χ0) is 10.1. The second-order valence-electron chi connectivity index (χ2n) is 2.65. The molecule has 0 aliphatic rings. The van der Waals surface area contributed by atoms with Crippen LogP contribution in [0.3, 0.4) is 0 Å². The van der Waals surface area contributed by atoms with Crippen LogP contribution in [0.5, 0.6) is 0 Å². The Hall–Kier alpha value is -0.710. The van der Waals surface area contributed by atoms with Crippen molar-refractivity contribution in [2.45, 2.75) is 12.6 Å². The maximum absolute atomic E-state index is 11.9. The first-order valence-electron chi connectivity index (χ1n) is 3.49. The van der Waals surface area contributed by atoms with Gasteiger partial charge in [-0.2, -0.15) is 13.2 Å². The average molecular weight is 254 g/mol. The van der Waals surface area contributed by atoms with Gasteiger partial charge in [-0.25, -0.2) is 0 Å². The van der Waals surface area contributed by atoms with Crippen LogP contribution in [-0.2, 0) is 6.42 Å². The smallest absolute Gasteiger partial charge is 0.393 e. The van der Waals surface area contributed by atoms with Gasteiger partial charge in [-0.3, -0.25) is 0 Å².